The molecule has 0 unspecified atom stereocenters. The summed E-state index contributed by atoms with van der Waals surface area (Å²) in [5.41, 5.74) is 17.8. The Bertz CT molecular complexity index is 4250. The van der Waals surface area contributed by atoms with Crippen molar-refractivity contribution in [3.05, 3.63) is 271 Å². The summed E-state index contributed by atoms with van der Waals surface area (Å²) in [5, 5.41) is 10.1. The number of para-hydroxylation sites is 2. The Hall–Kier alpha value is -8.92. The largest absolute Gasteiger partial charge is 0.310 e. The summed E-state index contributed by atoms with van der Waals surface area (Å²) in [6.45, 7) is 0. The van der Waals surface area contributed by atoms with Crippen LogP contribution in [0.1, 0.15) is 22.3 Å². The van der Waals surface area contributed by atoms with Crippen molar-refractivity contribution in [2.45, 2.75) is 5.41 Å². The molecule has 0 fully saturated rings. The molecule has 68 heavy (non-hydrogen) atoms. The fourth-order valence-corrected chi connectivity index (χ4v) is 12.4. The van der Waals surface area contributed by atoms with Gasteiger partial charge in [-0.15, -0.1) is 0 Å². The van der Waals surface area contributed by atoms with Gasteiger partial charge in [0.05, 0.1) is 33.0 Å². The molecule has 3 aromatic heterocycles. The molecule has 3 heteroatoms. The monoisotopic (exact) mass is 863 g/mol. The maximum Gasteiger partial charge on any atom is 0.0713 e. The van der Waals surface area contributed by atoms with Gasteiger partial charge in [0.1, 0.15) is 0 Å². The van der Waals surface area contributed by atoms with Crippen molar-refractivity contribution in [3.63, 3.8) is 0 Å². The van der Waals surface area contributed by atoms with Crippen LogP contribution >= 0.6 is 0 Å². The van der Waals surface area contributed by atoms with E-state index in [0.29, 0.717) is 0 Å². The van der Waals surface area contributed by atoms with E-state index in [4.69, 9.17) is 0 Å². The first-order valence-electron chi connectivity index (χ1n) is 23.6. The molecular weight excluding hydrogens is 823 g/mol. The van der Waals surface area contributed by atoms with E-state index in [1.807, 2.05) is 0 Å². The normalized spacial score (nSPS) is 13.1. The lowest BCUT2D eigenvalue weighted by molar-refractivity contribution is 0.768. The maximum atomic E-state index is 2.56. The SMILES string of the molecule is c1ccc(N(c2ccc(C3(c4ccccc4)c4ccccc4-c4ccccc43)cc2)c2ccc3c(c2)c2cc4ccccc4c4c5cccc6c5c5c(cccc5n3c24)n6-c2ccccc2)cc1. The summed E-state index contributed by atoms with van der Waals surface area (Å²) in [7, 11) is 0. The van der Waals surface area contributed by atoms with E-state index in [9.17, 15) is 0 Å². The number of anilines is 3. The molecule has 3 nitrogen and oxygen atoms in total. The van der Waals surface area contributed by atoms with Crippen LogP contribution in [0.4, 0.5) is 17.1 Å². The highest BCUT2D eigenvalue weighted by molar-refractivity contribution is 6.36. The van der Waals surface area contributed by atoms with E-state index in [0.717, 1.165) is 22.7 Å². The molecule has 11 aromatic carbocycles. The van der Waals surface area contributed by atoms with Crippen LogP contribution in [0.5, 0.6) is 0 Å². The molecule has 0 amide bonds. The van der Waals surface area contributed by atoms with Gasteiger partial charge in [-0.3, -0.25) is 0 Å². The quantitative estimate of drug-likeness (QED) is 0.162. The van der Waals surface area contributed by atoms with Crippen LogP contribution in [0.3, 0.4) is 0 Å². The fraction of sp³-hybridized carbons (Fsp3) is 0.0154. The van der Waals surface area contributed by atoms with Gasteiger partial charge in [0.2, 0.25) is 0 Å². The first-order chi connectivity index (χ1) is 33.8. The third-order valence-corrected chi connectivity index (χ3v) is 15.1. The lowest BCUT2D eigenvalue weighted by atomic mass is 9.68. The van der Waals surface area contributed by atoms with E-state index < -0.39 is 5.41 Å². The van der Waals surface area contributed by atoms with Gasteiger partial charge in [-0.25, -0.2) is 0 Å². The number of nitrogens with zero attached hydrogens (tertiary/aromatic N) is 3. The van der Waals surface area contributed by atoms with Crippen LogP contribution in [0.25, 0.3) is 87.5 Å². The van der Waals surface area contributed by atoms with Gasteiger partial charge in [0, 0.05) is 49.7 Å². The second-order valence-corrected chi connectivity index (χ2v) is 18.4. The van der Waals surface area contributed by atoms with Crippen molar-refractivity contribution in [1.82, 2.24) is 8.97 Å². The van der Waals surface area contributed by atoms with Crippen LogP contribution in [0.2, 0.25) is 0 Å². The molecule has 316 valence electrons. The number of hydrogen-bond acceptors (Lipinski definition) is 1. The predicted octanol–water partition coefficient (Wildman–Crippen LogP) is 16.9. The van der Waals surface area contributed by atoms with Crippen molar-refractivity contribution >= 4 is 87.7 Å². The Morgan fingerprint density at radius 1 is 0.324 bits per heavy atom. The summed E-state index contributed by atoms with van der Waals surface area (Å²) >= 11 is 0. The molecule has 0 bridgehead atoms. The molecule has 0 saturated carbocycles. The highest BCUT2D eigenvalue weighted by atomic mass is 15.1. The zero-order valence-corrected chi connectivity index (χ0v) is 37.0. The Balaban J connectivity index is 0.992. The summed E-state index contributed by atoms with van der Waals surface area (Å²) in [5.74, 6) is 0. The molecule has 0 aliphatic heterocycles. The highest BCUT2D eigenvalue weighted by Crippen LogP contribution is 2.56. The number of benzene rings is 11. The molecule has 0 saturated heterocycles. The first kappa shape index (κ1) is 37.3. The zero-order chi connectivity index (χ0) is 44.5. The highest BCUT2D eigenvalue weighted by Gasteiger charge is 2.45. The molecule has 0 radical (unpaired) electrons. The van der Waals surface area contributed by atoms with Crippen molar-refractivity contribution in [2.24, 2.45) is 0 Å². The van der Waals surface area contributed by atoms with E-state index in [-0.39, 0.29) is 0 Å². The van der Waals surface area contributed by atoms with Crippen LogP contribution in [0.15, 0.2) is 249 Å². The minimum Gasteiger partial charge on any atom is -0.310 e. The van der Waals surface area contributed by atoms with Crippen LogP contribution in [-0.4, -0.2) is 8.97 Å². The smallest absolute Gasteiger partial charge is 0.0713 e. The lowest BCUT2D eigenvalue weighted by Crippen LogP contribution is -2.28. The van der Waals surface area contributed by atoms with Crippen LogP contribution in [0, 0.1) is 0 Å². The van der Waals surface area contributed by atoms with Crippen LogP contribution < -0.4 is 4.90 Å². The van der Waals surface area contributed by atoms with Crippen molar-refractivity contribution in [2.75, 3.05) is 4.90 Å². The summed E-state index contributed by atoms with van der Waals surface area (Å²) < 4.78 is 5.01. The molecule has 14 aromatic rings. The minimum atomic E-state index is -0.466. The average Bonchev–Trinajstić information content (AvgIpc) is 4.00. The molecule has 0 N–H and O–H groups in total. The zero-order valence-electron chi connectivity index (χ0n) is 37.0. The second-order valence-electron chi connectivity index (χ2n) is 18.4. The third kappa shape index (κ3) is 4.92. The van der Waals surface area contributed by atoms with Gasteiger partial charge in [0.15, 0.2) is 0 Å². The van der Waals surface area contributed by atoms with Gasteiger partial charge < -0.3 is 13.9 Å². The summed E-state index contributed by atoms with van der Waals surface area (Å²) in [6.07, 6.45) is 0. The number of aromatic nitrogens is 2. The molecule has 1 aliphatic carbocycles. The molecule has 0 spiro atoms. The third-order valence-electron chi connectivity index (χ3n) is 15.1. The molecule has 0 atom stereocenters. The first-order valence-corrected chi connectivity index (χ1v) is 23.6. The molecule has 15 rings (SSSR count). The van der Waals surface area contributed by atoms with Gasteiger partial charge >= 0.3 is 0 Å². The fourth-order valence-electron chi connectivity index (χ4n) is 12.4. The topological polar surface area (TPSA) is 12.6 Å². The molecular formula is C65H41N3. The number of fused-ring (bicyclic) bond motifs is 10. The summed E-state index contributed by atoms with van der Waals surface area (Å²) in [4.78, 5) is 2.42. The Labute approximate surface area is 392 Å². The van der Waals surface area contributed by atoms with Crippen molar-refractivity contribution in [1.29, 1.82) is 0 Å². The second kappa shape index (κ2) is 14.0. The Morgan fingerprint density at radius 3 is 1.63 bits per heavy atom. The molecule has 3 heterocycles. The summed E-state index contributed by atoms with van der Waals surface area (Å²) in [6, 6.07) is 92.3. The van der Waals surface area contributed by atoms with E-state index in [1.54, 1.807) is 0 Å². The maximum absolute atomic E-state index is 2.56. The van der Waals surface area contributed by atoms with E-state index in [2.05, 4.69) is 263 Å². The van der Waals surface area contributed by atoms with E-state index >= 15 is 0 Å². The number of rotatable bonds is 6. The van der Waals surface area contributed by atoms with E-state index in [1.165, 1.54) is 104 Å². The Kier molecular flexibility index (Phi) is 7.71. The van der Waals surface area contributed by atoms with Gasteiger partial charge in [-0.2, -0.15) is 0 Å². The number of hydrogen-bond donors (Lipinski definition) is 0. The molecule has 1 aliphatic rings. The van der Waals surface area contributed by atoms with Crippen molar-refractivity contribution < 1.29 is 0 Å². The Morgan fingerprint density at radius 2 is 0.882 bits per heavy atom. The predicted molar refractivity (Wildman–Crippen MR) is 285 cm³/mol. The standard InChI is InChI=1S/C65H41N3/c1-4-19-43(20-5-1)65(55-29-14-12-26-50(55)51-27-13-15-30-56(51)65)44-34-36-47(37-35-44)66(45-21-6-2-7-22-45)48-38-39-57-53(41-48)54-40-42-18-10-11-25-49(42)61-52-28-16-31-58-62(52)63-59(67(58)46-23-8-3-9-24-46)32-17-33-60(63)68(57)64(54)61/h1-41H. The van der Waals surface area contributed by atoms with Gasteiger partial charge in [0.25, 0.3) is 0 Å². The van der Waals surface area contributed by atoms with Crippen molar-refractivity contribution in [3.8, 4) is 16.8 Å². The lowest BCUT2D eigenvalue weighted by Gasteiger charge is -2.34. The minimum absolute atomic E-state index is 0.466. The van der Waals surface area contributed by atoms with Crippen LogP contribution in [-0.2, 0) is 5.41 Å². The average molecular weight is 864 g/mol. The van der Waals surface area contributed by atoms with Gasteiger partial charge in [-0.1, -0.05) is 170 Å². The van der Waals surface area contributed by atoms with Gasteiger partial charge in [-0.05, 0) is 128 Å².